The highest BCUT2D eigenvalue weighted by Crippen LogP contribution is 2.28. The second-order valence-corrected chi connectivity index (χ2v) is 3.54. The summed E-state index contributed by atoms with van der Waals surface area (Å²) in [4.78, 5) is 0. The van der Waals surface area contributed by atoms with Gasteiger partial charge in [-0.3, -0.25) is 0 Å². The molecule has 0 aliphatic heterocycles. The Bertz CT molecular complexity index is 296. The molecule has 3 nitrogen and oxygen atoms in total. The van der Waals surface area contributed by atoms with Gasteiger partial charge in [0.1, 0.15) is 5.75 Å². The van der Waals surface area contributed by atoms with E-state index in [9.17, 15) is 5.11 Å². The van der Waals surface area contributed by atoms with Gasteiger partial charge in [0.05, 0.1) is 12.6 Å². The third-order valence-electron chi connectivity index (χ3n) is 2.39. The molecule has 3 N–H and O–H groups in total. The topological polar surface area (TPSA) is 52.5 Å². The van der Waals surface area contributed by atoms with Gasteiger partial charge in [0.2, 0.25) is 0 Å². The van der Waals surface area contributed by atoms with Crippen LogP contribution in [0.5, 0.6) is 5.75 Å². The second-order valence-electron chi connectivity index (χ2n) is 3.54. The van der Waals surface area contributed by atoms with Crippen LogP contribution in [0.1, 0.15) is 22.7 Å². The van der Waals surface area contributed by atoms with Gasteiger partial charge in [0, 0.05) is 5.56 Å². The fraction of sp³-hybridized carbons (Fsp3) is 0.455. The van der Waals surface area contributed by atoms with Crippen molar-refractivity contribution in [1.82, 2.24) is 5.32 Å². The highest BCUT2D eigenvalue weighted by molar-refractivity contribution is 5.44. The zero-order chi connectivity index (χ0) is 10.7. The molecule has 0 amide bonds. The molecule has 3 heteroatoms. The minimum atomic E-state index is -0.199. The Kier molecular flexibility index (Phi) is 3.49. The number of aromatic hydroxyl groups is 1. The maximum absolute atomic E-state index is 9.75. The number of aryl methyl sites for hydroxylation is 2. The molecule has 0 aromatic heterocycles. The summed E-state index contributed by atoms with van der Waals surface area (Å²) in [6.07, 6.45) is 0. The highest BCUT2D eigenvalue weighted by Gasteiger charge is 2.15. The molecule has 1 aromatic rings. The third-order valence-corrected chi connectivity index (χ3v) is 2.39. The van der Waals surface area contributed by atoms with Gasteiger partial charge in [0.25, 0.3) is 0 Å². The minimum Gasteiger partial charge on any atom is -0.508 e. The Morgan fingerprint density at radius 2 is 2.00 bits per heavy atom. The van der Waals surface area contributed by atoms with Crippen LogP contribution in [-0.2, 0) is 0 Å². The summed E-state index contributed by atoms with van der Waals surface area (Å²) in [5, 5.41) is 21.8. The number of aliphatic hydroxyl groups is 1. The predicted molar refractivity (Wildman–Crippen MR) is 56.5 cm³/mol. The van der Waals surface area contributed by atoms with Gasteiger partial charge in [-0.15, -0.1) is 0 Å². The van der Waals surface area contributed by atoms with Gasteiger partial charge in [-0.05, 0) is 38.1 Å². The van der Waals surface area contributed by atoms with Crippen molar-refractivity contribution in [2.24, 2.45) is 0 Å². The highest BCUT2D eigenvalue weighted by atomic mass is 16.3. The zero-order valence-corrected chi connectivity index (χ0v) is 8.83. The molecule has 1 rings (SSSR count). The van der Waals surface area contributed by atoms with E-state index in [4.69, 9.17) is 5.11 Å². The van der Waals surface area contributed by atoms with Crippen molar-refractivity contribution in [3.8, 4) is 5.75 Å². The number of rotatable bonds is 3. The molecule has 78 valence electrons. The van der Waals surface area contributed by atoms with E-state index >= 15 is 0 Å². The first-order valence-corrected chi connectivity index (χ1v) is 4.68. The minimum absolute atomic E-state index is 0.0199. The molecule has 0 unspecified atom stereocenters. The molecule has 1 aromatic carbocycles. The van der Waals surface area contributed by atoms with Gasteiger partial charge < -0.3 is 15.5 Å². The molecule has 0 heterocycles. The van der Waals surface area contributed by atoms with Crippen molar-refractivity contribution in [3.63, 3.8) is 0 Å². The Balaban J connectivity index is 3.19. The summed E-state index contributed by atoms with van der Waals surface area (Å²) in [5.41, 5.74) is 2.80. The van der Waals surface area contributed by atoms with E-state index < -0.39 is 0 Å². The molecule has 0 aliphatic carbocycles. The average molecular weight is 195 g/mol. The average Bonchev–Trinajstić information content (AvgIpc) is 2.10. The summed E-state index contributed by atoms with van der Waals surface area (Å²) in [6.45, 7) is 3.85. The number of hydrogen-bond acceptors (Lipinski definition) is 3. The lowest BCUT2D eigenvalue weighted by atomic mass is 9.98. The van der Waals surface area contributed by atoms with Crippen molar-refractivity contribution in [1.29, 1.82) is 0 Å². The fourth-order valence-electron chi connectivity index (χ4n) is 1.74. The maximum Gasteiger partial charge on any atom is 0.120 e. The number of nitrogens with one attached hydrogen (secondary N) is 1. The van der Waals surface area contributed by atoms with Crippen LogP contribution in [0.4, 0.5) is 0 Å². The predicted octanol–water partition coefficient (Wildman–Crippen LogP) is 1.26. The molecule has 0 radical (unpaired) electrons. The smallest absolute Gasteiger partial charge is 0.120 e. The first kappa shape index (κ1) is 11.0. The van der Waals surface area contributed by atoms with Gasteiger partial charge in [-0.25, -0.2) is 0 Å². The van der Waals surface area contributed by atoms with Crippen molar-refractivity contribution in [3.05, 3.63) is 28.8 Å². The monoisotopic (exact) mass is 195 g/mol. The van der Waals surface area contributed by atoms with Gasteiger partial charge in [-0.1, -0.05) is 6.07 Å². The van der Waals surface area contributed by atoms with E-state index in [2.05, 4.69) is 5.32 Å². The summed E-state index contributed by atoms with van der Waals surface area (Å²) in [5.74, 6) is 0.246. The van der Waals surface area contributed by atoms with Crippen molar-refractivity contribution in [2.75, 3.05) is 13.7 Å². The lowest BCUT2D eigenvalue weighted by Crippen LogP contribution is -2.21. The van der Waals surface area contributed by atoms with Crippen LogP contribution in [0.15, 0.2) is 12.1 Å². The first-order chi connectivity index (χ1) is 6.60. The second kappa shape index (κ2) is 4.44. The lowest BCUT2D eigenvalue weighted by molar-refractivity contribution is 0.247. The van der Waals surface area contributed by atoms with Gasteiger partial charge in [0.15, 0.2) is 0 Å². The summed E-state index contributed by atoms with van der Waals surface area (Å²) < 4.78 is 0. The molecule has 0 aliphatic rings. The SMILES string of the molecule is CN[C@H](CO)c1c(C)cc(C)cc1O. The Labute approximate surface area is 84.4 Å². The van der Waals surface area contributed by atoms with Crippen molar-refractivity contribution < 1.29 is 10.2 Å². The largest absolute Gasteiger partial charge is 0.508 e. The number of aliphatic hydroxyl groups excluding tert-OH is 1. The maximum atomic E-state index is 9.75. The number of phenolic OH excluding ortho intramolecular Hbond substituents is 1. The van der Waals surface area contributed by atoms with Crippen LogP contribution >= 0.6 is 0 Å². The zero-order valence-electron chi connectivity index (χ0n) is 8.83. The van der Waals surface area contributed by atoms with E-state index in [-0.39, 0.29) is 18.4 Å². The van der Waals surface area contributed by atoms with Crippen LogP contribution in [0.25, 0.3) is 0 Å². The lowest BCUT2D eigenvalue weighted by Gasteiger charge is -2.18. The molecule has 0 saturated heterocycles. The molecule has 0 spiro atoms. The first-order valence-electron chi connectivity index (χ1n) is 4.68. The van der Waals surface area contributed by atoms with Crippen LogP contribution in [0.2, 0.25) is 0 Å². The normalized spacial score (nSPS) is 12.9. The van der Waals surface area contributed by atoms with E-state index in [1.807, 2.05) is 19.9 Å². The van der Waals surface area contributed by atoms with Crippen LogP contribution < -0.4 is 5.32 Å². The number of benzene rings is 1. The molecule has 1 atom stereocenters. The molecule has 0 saturated carbocycles. The molecule has 0 bridgehead atoms. The number of hydrogen-bond donors (Lipinski definition) is 3. The summed E-state index contributed by atoms with van der Waals surface area (Å²) >= 11 is 0. The summed E-state index contributed by atoms with van der Waals surface area (Å²) in [7, 11) is 1.76. The summed E-state index contributed by atoms with van der Waals surface area (Å²) in [6, 6.07) is 3.51. The quantitative estimate of drug-likeness (QED) is 0.680. The fourth-order valence-corrected chi connectivity index (χ4v) is 1.74. The Morgan fingerprint density at radius 3 is 2.43 bits per heavy atom. The van der Waals surface area contributed by atoms with E-state index in [0.29, 0.717) is 0 Å². The van der Waals surface area contributed by atoms with Crippen molar-refractivity contribution in [2.45, 2.75) is 19.9 Å². The Morgan fingerprint density at radius 1 is 1.36 bits per heavy atom. The standard InChI is InChI=1S/C11H17NO2/c1-7-4-8(2)11(10(14)5-7)9(6-13)12-3/h4-5,9,12-14H,6H2,1-3H3/t9-/m1/s1. The van der Waals surface area contributed by atoms with Crippen LogP contribution in [0.3, 0.4) is 0 Å². The van der Waals surface area contributed by atoms with Crippen LogP contribution in [0, 0.1) is 13.8 Å². The number of phenols is 1. The third kappa shape index (κ3) is 2.05. The van der Waals surface area contributed by atoms with E-state index in [0.717, 1.165) is 16.7 Å². The molecular weight excluding hydrogens is 178 g/mol. The van der Waals surface area contributed by atoms with Crippen LogP contribution in [-0.4, -0.2) is 23.9 Å². The number of likely N-dealkylation sites (N-methyl/N-ethyl adjacent to an activating group) is 1. The molecular formula is C11H17NO2. The van der Waals surface area contributed by atoms with Gasteiger partial charge >= 0.3 is 0 Å². The molecule has 14 heavy (non-hydrogen) atoms. The van der Waals surface area contributed by atoms with E-state index in [1.54, 1.807) is 13.1 Å². The van der Waals surface area contributed by atoms with E-state index in [1.165, 1.54) is 0 Å². The Hall–Kier alpha value is -1.06. The molecule has 0 fully saturated rings. The van der Waals surface area contributed by atoms with Gasteiger partial charge in [-0.2, -0.15) is 0 Å². The van der Waals surface area contributed by atoms with Crippen molar-refractivity contribution >= 4 is 0 Å².